The zero-order valence-electron chi connectivity index (χ0n) is 16.6. The van der Waals surface area contributed by atoms with Crippen LogP contribution in [0.1, 0.15) is 54.2 Å². The molecule has 2 aromatic heterocycles. The van der Waals surface area contributed by atoms with Gasteiger partial charge in [0.25, 0.3) is 5.91 Å². The van der Waals surface area contributed by atoms with E-state index in [0.717, 1.165) is 48.5 Å². The number of benzene rings is 1. The molecule has 0 saturated heterocycles. The summed E-state index contributed by atoms with van der Waals surface area (Å²) in [5.41, 5.74) is 2.43. The molecule has 0 bridgehead atoms. The Balaban J connectivity index is 1.53. The zero-order chi connectivity index (χ0) is 19.8. The number of carbonyl (C=O) groups excluding carboxylic acids is 1. The van der Waals surface area contributed by atoms with E-state index in [0.29, 0.717) is 5.56 Å². The molecular formula is C21H27N5O2. The molecule has 1 aromatic carbocycles. The fraction of sp³-hybridized carbons (Fsp3) is 0.476. The van der Waals surface area contributed by atoms with E-state index >= 15 is 0 Å². The number of hydrogen-bond donors (Lipinski definition) is 2. The molecule has 3 aromatic rings. The fourth-order valence-corrected chi connectivity index (χ4v) is 4.40. The van der Waals surface area contributed by atoms with Crippen LogP contribution in [-0.4, -0.2) is 42.3 Å². The molecule has 148 valence electrons. The first-order valence-electron chi connectivity index (χ1n) is 9.95. The second-order valence-electron chi connectivity index (χ2n) is 7.56. The van der Waals surface area contributed by atoms with Gasteiger partial charge in [0.15, 0.2) is 0 Å². The van der Waals surface area contributed by atoms with Gasteiger partial charge in [-0.1, -0.05) is 0 Å². The molecule has 3 atom stereocenters. The van der Waals surface area contributed by atoms with Crippen molar-refractivity contribution < 1.29 is 9.90 Å². The lowest BCUT2D eigenvalue weighted by atomic mass is 9.87. The van der Waals surface area contributed by atoms with Crippen LogP contribution in [-0.2, 0) is 6.54 Å². The lowest BCUT2D eigenvalue weighted by Crippen LogP contribution is -2.49. The minimum absolute atomic E-state index is 0.0630. The first-order chi connectivity index (χ1) is 13.5. The minimum atomic E-state index is -0.643. The number of rotatable bonds is 4. The molecule has 0 unspecified atom stereocenters. The van der Waals surface area contributed by atoms with E-state index in [9.17, 15) is 9.90 Å². The predicted octanol–water partition coefficient (Wildman–Crippen LogP) is 2.75. The number of aliphatic hydroxyl groups is 1. The Bertz CT molecular complexity index is 1010. The number of aryl methyl sites for hydroxylation is 3. The minimum Gasteiger partial charge on any atom is -0.389 e. The Morgan fingerprint density at radius 2 is 2.11 bits per heavy atom. The Labute approximate surface area is 164 Å². The third kappa shape index (κ3) is 3.20. The van der Waals surface area contributed by atoms with Gasteiger partial charge in [0, 0.05) is 24.5 Å². The summed E-state index contributed by atoms with van der Waals surface area (Å²) in [4.78, 5) is 21.7. The molecule has 4 rings (SSSR count). The monoisotopic (exact) mass is 381 g/mol. The SMILES string of the molecule is CCn1c(C)nc2cc(C(=O)N[C@@H]3CCC[C@@H](n4ccnc4C)[C@@H]3O)ccc21. The van der Waals surface area contributed by atoms with Crippen molar-refractivity contribution in [1.29, 1.82) is 0 Å². The second kappa shape index (κ2) is 7.39. The standard InChI is InChI=1S/C21H27N5O2/c1-4-25-14(3)23-17-12-15(8-9-18(17)25)21(28)24-16-6-5-7-19(20(16)27)26-11-10-22-13(26)2/h8-12,16,19-20,27H,4-7H2,1-3H3,(H,24,28)/t16-,19-,20-/m1/s1. The van der Waals surface area contributed by atoms with E-state index in [1.54, 1.807) is 6.20 Å². The third-order valence-electron chi connectivity index (χ3n) is 5.88. The first-order valence-corrected chi connectivity index (χ1v) is 9.95. The maximum Gasteiger partial charge on any atom is 0.251 e. The van der Waals surface area contributed by atoms with Crippen molar-refractivity contribution in [3.05, 3.63) is 47.8 Å². The Kier molecular flexibility index (Phi) is 4.93. The number of hydrogen-bond acceptors (Lipinski definition) is 4. The molecule has 7 heteroatoms. The third-order valence-corrected chi connectivity index (χ3v) is 5.88. The molecule has 7 nitrogen and oxygen atoms in total. The number of fused-ring (bicyclic) bond motifs is 1. The molecule has 0 aliphatic heterocycles. The fourth-order valence-electron chi connectivity index (χ4n) is 4.40. The highest BCUT2D eigenvalue weighted by atomic mass is 16.3. The molecule has 0 spiro atoms. The molecule has 1 fully saturated rings. The summed E-state index contributed by atoms with van der Waals surface area (Å²) in [6.07, 6.45) is 5.59. The van der Waals surface area contributed by atoms with Crippen molar-refractivity contribution >= 4 is 16.9 Å². The number of carbonyl (C=O) groups is 1. The van der Waals surface area contributed by atoms with E-state index in [1.807, 2.05) is 42.8 Å². The molecule has 28 heavy (non-hydrogen) atoms. The largest absolute Gasteiger partial charge is 0.389 e. The maximum atomic E-state index is 12.8. The normalized spacial score (nSPS) is 22.5. The average Bonchev–Trinajstić information content (AvgIpc) is 3.24. The topological polar surface area (TPSA) is 85.0 Å². The number of nitrogens with one attached hydrogen (secondary N) is 1. The summed E-state index contributed by atoms with van der Waals surface area (Å²) in [6.45, 7) is 6.83. The van der Waals surface area contributed by atoms with Crippen LogP contribution < -0.4 is 5.32 Å². The zero-order valence-corrected chi connectivity index (χ0v) is 16.6. The number of aliphatic hydroxyl groups excluding tert-OH is 1. The summed E-state index contributed by atoms with van der Waals surface area (Å²) in [7, 11) is 0. The van der Waals surface area contributed by atoms with Crippen LogP contribution in [0.4, 0.5) is 0 Å². The van der Waals surface area contributed by atoms with E-state index in [2.05, 4.69) is 26.8 Å². The van der Waals surface area contributed by atoms with Gasteiger partial charge in [0.05, 0.1) is 29.2 Å². The van der Waals surface area contributed by atoms with Crippen molar-refractivity contribution in [2.75, 3.05) is 0 Å². The van der Waals surface area contributed by atoms with Crippen molar-refractivity contribution in [3.8, 4) is 0 Å². The van der Waals surface area contributed by atoms with Crippen molar-refractivity contribution in [2.24, 2.45) is 0 Å². The van der Waals surface area contributed by atoms with Crippen LogP contribution in [0.5, 0.6) is 0 Å². The van der Waals surface area contributed by atoms with Gasteiger partial charge in [0.1, 0.15) is 11.6 Å². The van der Waals surface area contributed by atoms with Crippen LogP contribution in [0, 0.1) is 13.8 Å². The summed E-state index contributed by atoms with van der Waals surface area (Å²) in [5, 5.41) is 13.9. The van der Waals surface area contributed by atoms with Gasteiger partial charge in [-0.25, -0.2) is 9.97 Å². The quantitative estimate of drug-likeness (QED) is 0.728. The van der Waals surface area contributed by atoms with Gasteiger partial charge >= 0.3 is 0 Å². The van der Waals surface area contributed by atoms with Crippen molar-refractivity contribution in [3.63, 3.8) is 0 Å². The Morgan fingerprint density at radius 3 is 2.82 bits per heavy atom. The highest BCUT2D eigenvalue weighted by Gasteiger charge is 2.34. The van der Waals surface area contributed by atoms with Crippen LogP contribution in [0.25, 0.3) is 11.0 Å². The second-order valence-corrected chi connectivity index (χ2v) is 7.56. The molecule has 1 aliphatic carbocycles. The molecule has 1 aliphatic rings. The molecule has 1 amide bonds. The van der Waals surface area contributed by atoms with Gasteiger partial charge < -0.3 is 19.6 Å². The van der Waals surface area contributed by atoms with Crippen LogP contribution in [0.2, 0.25) is 0 Å². The molecule has 1 saturated carbocycles. The van der Waals surface area contributed by atoms with Crippen molar-refractivity contribution in [2.45, 2.75) is 64.8 Å². The number of imidazole rings is 2. The van der Waals surface area contributed by atoms with Gasteiger partial charge in [-0.2, -0.15) is 0 Å². The molecule has 2 N–H and O–H groups in total. The summed E-state index contributed by atoms with van der Waals surface area (Å²) in [6, 6.07) is 5.27. The number of amides is 1. The predicted molar refractivity (Wildman–Crippen MR) is 107 cm³/mol. The van der Waals surface area contributed by atoms with Crippen LogP contribution >= 0.6 is 0 Å². The maximum absolute atomic E-state index is 12.8. The molecular weight excluding hydrogens is 354 g/mol. The van der Waals surface area contributed by atoms with Gasteiger partial charge in [-0.05, 0) is 58.2 Å². The Morgan fingerprint density at radius 1 is 1.29 bits per heavy atom. The first kappa shape index (κ1) is 18.7. The van der Waals surface area contributed by atoms with Gasteiger partial charge in [-0.15, -0.1) is 0 Å². The lowest BCUT2D eigenvalue weighted by Gasteiger charge is -2.36. The summed E-state index contributed by atoms with van der Waals surface area (Å²) >= 11 is 0. The van der Waals surface area contributed by atoms with Gasteiger partial charge in [-0.3, -0.25) is 4.79 Å². The van der Waals surface area contributed by atoms with Crippen LogP contribution in [0.15, 0.2) is 30.6 Å². The summed E-state index contributed by atoms with van der Waals surface area (Å²) in [5.74, 6) is 1.65. The summed E-state index contributed by atoms with van der Waals surface area (Å²) < 4.78 is 4.13. The van der Waals surface area contributed by atoms with E-state index in [4.69, 9.17) is 0 Å². The van der Waals surface area contributed by atoms with E-state index < -0.39 is 6.10 Å². The van der Waals surface area contributed by atoms with Crippen molar-refractivity contribution in [1.82, 2.24) is 24.4 Å². The van der Waals surface area contributed by atoms with Crippen LogP contribution in [0.3, 0.4) is 0 Å². The molecule has 2 heterocycles. The number of aromatic nitrogens is 4. The smallest absolute Gasteiger partial charge is 0.251 e. The average molecular weight is 381 g/mol. The Hall–Kier alpha value is -2.67. The van der Waals surface area contributed by atoms with Gasteiger partial charge in [0.2, 0.25) is 0 Å². The van der Waals surface area contributed by atoms with E-state index in [-0.39, 0.29) is 18.0 Å². The van der Waals surface area contributed by atoms with E-state index in [1.165, 1.54) is 0 Å². The highest BCUT2D eigenvalue weighted by Crippen LogP contribution is 2.30. The highest BCUT2D eigenvalue weighted by molar-refractivity contribution is 5.97. The number of nitrogens with zero attached hydrogens (tertiary/aromatic N) is 4. The molecule has 0 radical (unpaired) electrons. The lowest BCUT2D eigenvalue weighted by molar-refractivity contribution is 0.0392.